The van der Waals surface area contributed by atoms with E-state index in [2.05, 4.69) is 15.6 Å². The van der Waals surface area contributed by atoms with Gasteiger partial charge in [-0.15, -0.1) is 0 Å². The van der Waals surface area contributed by atoms with Gasteiger partial charge in [0.2, 0.25) is 0 Å². The lowest BCUT2D eigenvalue weighted by Gasteiger charge is -2.09. The molecule has 0 bridgehead atoms. The number of carbonyl (C=O) groups excluding carboxylic acids is 1. The molecule has 0 saturated carbocycles. The normalized spacial score (nSPS) is 10.3. The van der Waals surface area contributed by atoms with E-state index in [1.54, 1.807) is 30.3 Å². The molecule has 0 saturated heterocycles. The maximum absolute atomic E-state index is 12.9. The number of rotatable bonds is 5. The Morgan fingerprint density at radius 1 is 1.08 bits per heavy atom. The summed E-state index contributed by atoms with van der Waals surface area (Å²) < 4.78 is 12.9. The molecule has 0 atom stereocenters. The molecule has 0 aliphatic heterocycles. The molecule has 0 fully saturated rings. The van der Waals surface area contributed by atoms with Crippen molar-refractivity contribution in [2.45, 2.75) is 6.54 Å². The second-order valence-electron chi connectivity index (χ2n) is 5.34. The molecule has 4 nitrogen and oxygen atoms in total. The molecule has 3 aromatic rings. The average molecular weight is 356 g/mol. The maximum atomic E-state index is 12.9. The Kier molecular flexibility index (Phi) is 5.26. The predicted molar refractivity (Wildman–Crippen MR) is 96.5 cm³/mol. The number of benzene rings is 2. The molecule has 25 heavy (non-hydrogen) atoms. The number of nitrogens with one attached hydrogen (secondary N) is 2. The van der Waals surface area contributed by atoms with Gasteiger partial charge in [-0.2, -0.15) is 0 Å². The topological polar surface area (TPSA) is 54.0 Å². The summed E-state index contributed by atoms with van der Waals surface area (Å²) in [5, 5.41) is 6.46. The van der Waals surface area contributed by atoms with Crippen molar-refractivity contribution in [3.63, 3.8) is 0 Å². The largest absolute Gasteiger partial charge is 0.348 e. The minimum absolute atomic E-state index is 0.232. The van der Waals surface area contributed by atoms with Crippen LogP contribution >= 0.6 is 11.6 Å². The van der Waals surface area contributed by atoms with Gasteiger partial charge in [0.1, 0.15) is 11.6 Å². The summed E-state index contributed by atoms with van der Waals surface area (Å²) in [6.07, 6.45) is 1.54. The number of hydrogen-bond donors (Lipinski definition) is 2. The van der Waals surface area contributed by atoms with Gasteiger partial charge in [0.25, 0.3) is 5.91 Å². The van der Waals surface area contributed by atoms with Crippen molar-refractivity contribution in [3.8, 4) is 0 Å². The molecule has 2 aromatic carbocycles. The van der Waals surface area contributed by atoms with Gasteiger partial charge in [0.15, 0.2) is 0 Å². The Balaban J connectivity index is 1.67. The van der Waals surface area contributed by atoms with Crippen LogP contribution in [0.15, 0.2) is 66.9 Å². The van der Waals surface area contributed by atoms with E-state index in [4.69, 9.17) is 11.6 Å². The monoisotopic (exact) mass is 355 g/mol. The highest BCUT2D eigenvalue weighted by Crippen LogP contribution is 2.17. The van der Waals surface area contributed by atoms with Crippen LogP contribution in [-0.2, 0) is 6.54 Å². The van der Waals surface area contributed by atoms with E-state index in [0.29, 0.717) is 28.6 Å². The quantitative estimate of drug-likeness (QED) is 0.706. The van der Waals surface area contributed by atoms with Crippen LogP contribution in [0.1, 0.15) is 15.9 Å². The molecular formula is C19H15ClFN3O. The second-order valence-corrected chi connectivity index (χ2v) is 5.74. The Labute approximate surface area is 149 Å². The van der Waals surface area contributed by atoms with E-state index in [9.17, 15) is 9.18 Å². The SMILES string of the molecule is O=C(NCc1ccccc1Cl)c1ccnc(Nc2ccc(F)cc2)c1. The molecule has 0 unspecified atom stereocenters. The molecule has 2 N–H and O–H groups in total. The highest BCUT2D eigenvalue weighted by molar-refractivity contribution is 6.31. The molecule has 126 valence electrons. The van der Waals surface area contributed by atoms with Gasteiger partial charge in [0, 0.05) is 29.0 Å². The Bertz CT molecular complexity index is 884. The summed E-state index contributed by atoms with van der Waals surface area (Å²) in [6, 6.07) is 16.5. The lowest BCUT2D eigenvalue weighted by atomic mass is 10.2. The van der Waals surface area contributed by atoms with Gasteiger partial charge in [-0.3, -0.25) is 4.79 Å². The lowest BCUT2D eigenvalue weighted by Crippen LogP contribution is -2.23. The van der Waals surface area contributed by atoms with Gasteiger partial charge in [-0.05, 0) is 48.0 Å². The third kappa shape index (κ3) is 4.55. The summed E-state index contributed by atoms with van der Waals surface area (Å²) >= 11 is 6.08. The Hall–Kier alpha value is -2.92. The fourth-order valence-electron chi connectivity index (χ4n) is 2.24. The van der Waals surface area contributed by atoms with Crippen LogP contribution in [0.5, 0.6) is 0 Å². The van der Waals surface area contributed by atoms with E-state index in [-0.39, 0.29) is 11.7 Å². The number of anilines is 2. The number of hydrogen-bond acceptors (Lipinski definition) is 3. The number of aromatic nitrogens is 1. The fraction of sp³-hybridized carbons (Fsp3) is 0.0526. The van der Waals surface area contributed by atoms with Crippen LogP contribution in [0.3, 0.4) is 0 Å². The summed E-state index contributed by atoms with van der Waals surface area (Å²) in [5.41, 5.74) is 1.99. The van der Waals surface area contributed by atoms with Crippen LogP contribution in [0.4, 0.5) is 15.9 Å². The third-order valence-corrected chi connectivity index (χ3v) is 3.90. The van der Waals surface area contributed by atoms with Crippen LogP contribution in [-0.4, -0.2) is 10.9 Å². The molecule has 1 amide bonds. The minimum Gasteiger partial charge on any atom is -0.348 e. The van der Waals surface area contributed by atoms with Gasteiger partial charge >= 0.3 is 0 Å². The number of pyridine rings is 1. The lowest BCUT2D eigenvalue weighted by molar-refractivity contribution is 0.0951. The number of nitrogens with zero attached hydrogens (tertiary/aromatic N) is 1. The molecule has 0 radical (unpaired) electrons. The smallest absolute Gasteiger partial charge is 0.251 e. The van der Waals surface area contributed by atoms with E-state index >= 15 is 0 Å². The first-order chi connectivity index (χ1) is 12.1. The molecule has 0 aliphatic rings. The first kappa shape index (κ1) is 16.9. The average Bonchev–Trinajstić information content (AvgIpc) is 2.63. The van der Waals surface area contributed by atoms with Crippen LogP contribution in [0, 0.1) is 5.82 Å². The Morgan fingerprint density at radius 2 is 1.84 bits per heavy atom. The number of halogens is 2. The molecule has 0 aliphatic carbocycles. The number of amides is 1. The van der Waals surface area contributed by atoms with Gasteiger partial charge in [-0.1, -0.05) is 29.8 Å². The molecule has 1 aromatic heterocycles. The summed E-state index contributed by atoms with van der Waals surface area (Å²) in [5.74, 6) is -0.0484. The highest BCUT2D eigenvalue weighted by atomic mass is 35.5. The van der Waals surface area contributed by atoms with Crippen molar-refractivity contribution in [3.05, 3.63) is 88.8 Å². The minimum atomic E-state index is -0.314. The fourth-order valence-corrected chi connectivity index (χ4v) is 2.44. The van der Waals surface area contributed by atoms with Crippen LogP contribution < -0.4 is 10.6 Å². The Morgan fingerprint density at radius 3 is 2.60 bits per heavy atom. The zero-order chi connectivity index (χ0) is 17.6. The second kappa shape index (κ2) is 7.77. The zero-order valence-corrected chi connectivity index (χ0v) is 13.9. The van der Waals surface area contributed by atoms with Crippen molar-refractivity contribution in [2.24, 2.45) is 0 Å². The summed E-state index contributed by atoms with van der Waals surface area (Å²) in [6.45, 7) is 0.335. The summed E-state index contributed by atoms with van der Waals surface area (Å²) in [4.78, 5) is 16.5. The van der Waals surface area contributed by atoms with Crippen molar-refractivity contribution >= 4 is 29.0 Å². The first-order valence-electron chi connectivity index (χ1n) is 7.62. The van der Waals surface area contributed by atoms with Crippen molar-refractivity contribution < 1.29 is 9.18 Å². The standard InChI is InChI=1S/C19H15ClFN3O/c20-17-4-2-1-3-14(17)12-23-19(25)13-9-10-22-18(11-13)24-16-7-5-15(21)6-8-16/h1-11H,12H2,(H,22,24)(H,23,25). The van der Waals surface area contributed by atoms with E-state index < -0.39 is 0 Å². The molecular weight excluding hydrogens is 341 g/mol. The zero-order valence-electron chi connectivity index (χ0n) is 13.2. The molecule has 3 rings (SSSR count). The van der Waals surface area contributed by atoms with E-state index in [1.807, 2.05) is 18.2 Å². The third-order valence-electron chi connectivity index (χ3n) is 3.54. The van der Waals surface area contributed by atoms with Crippen LogP contribution in [0.25, 0.3) is 0 Å². The van der Waals surface area contributed by atoms with E-state index in [1.165, 1.54) is 18.3 Å². The predicted octanol–water partition coefficient (Wildman–Crippen LogP) is 4.55. The first-order valence-corrected chi connectivity index (χ1v) is 8.00. The van der Waals surface area contributed by atoms with Gasteiger partial charge < -0.3 is 10.6 Å². The van der Waals surface area contributed by atoms with Crippen LogP contribution in [0.2, 0.25) is 5.02 Å². The van der Waals surface area contributed by atoms with E-state index in [0.717, 1.165) is 5.56 Å². The highest BCUT2D eigenvalue weighted by Gasteiger charge is 2.08. The van der Waals surface area contributed by atoms with Crippen molar-refractivity contribution in [1.29, 1.82) is 0 Å². The molecule has 6 heteroatoms. The van der Waals surface area contributed by atoms with Gasteiger partial charge in [-0.25, -0.2) is 9.37 Å². The summed E-state index contributed by atoms with van der Waals surface area (Å²) in [7, 11) is 0. The maximum Gasteiger partial charge on any atom is 0.251 e. The molecule has 0 spiro atoms. The van der Waals surface area contributed by atoms with Crippen molar-refractivity contribution in [1.82, 2.24) is 10.3 Å². The van der Waals surface area contributed by atoms with Gasteiger partial charge in [0.05, 0.1) is 0 Å². The van der Waals surface area contributed by atoms with Crippen molar-refractivity contribution in [2.75, 3.05) is 5.32 Å². The number of carbonyl (C=O) groups is 1. The molecule has 1 heterocycles.